The Labute approximate surface area is 216 Å². The molecule has 2 N–H and O–H groups in total. The Morgan fingerprint density at radius 2 is 1.82 bits per heavy atom. The number of hydrogen-bond acceptors (Lipinski definition) is 7. The van der Waals surface area contributed by atoms with Gasteiger partial charge in [0.05, 0.1) is 17.9 Å². The summed E-state index contributed by atoms with van der Waals surface area (Å²) >= 11 is 0. The van der Waals surface area contributed by atoms with Crippen LogP contribution in [0.15, 0.2) is 42.9 Å². The van der Waals surface area contributed by atoms with E-state index in [2.05, 4.69) is 20.4 Å². The third-order valence-corrected chi connectivity index (χ3v) is 6.59. The fourth-order valence-electron chi connectivity index (χ4n) is 3.62. The number of rotatable bonds is 5. The second-order valence-corrected chi connectivity index (χ2v) is 10.6. The standard InChI is InChI=1S/C21H24N6O3S.C2HF3O2/c1-13(2)26-12-23-20(25-26)18-11-27(31(4,29)30)19-6-5-15(10-17(18)19)21(28)24-16-7-8-22-14(3)9-16;3-2(4,5)1(6)7/h5-10,12-13,18H,11H2,1-4H3,(H,22,24,28);(H,6,7). The molecular formula is C23H25F3N6O5S. The van der Waals surface area contributed by atoms with Crippen LogP contribution >= 0.6 is 0 Å². The van der Waals surface area contributed by atoms with Gasteiger partial charge in [0, 0.05) is 35.7 Å². The first kappa shape index (κ1) is 28.6. The van der Waals surface area contributed by atoms with E-state index in [0.29, 0.717) is 28.3 Å². The van der Waals surface area contributed by atoms with E-state index < -0.39 is 22.2 Å². The average molecular weight is 555 g/mol. The number of amides is 1. The van der Waals surface area contributed by atoms with Gasteiger partial charge in [-0.15, -0.1) is 0 Å². The second kappa shape index (κ2) is 10.8. The highest BCUT2D eigenvalue weighted by Gasteiger charge is 2.38. The number of fused-ring (bicyclic) bond motifs is 1. The maximum Gasteiger partial charge on any atom is 0.490 e. The van der Waals surface area contributed by atoms with Crippen LogP contribution in [0.5, 0.6) is 0 Å². The number of alkyl halides is 3. The summed E-state index contributed by atoms with van der Waals surface area (Å²) in [5.74, 6) is -2.87. The minimum absolute atomic E-state index is 0.133. The minimum atomic E-state index is -5.08. The highest BCUT2D eigenvalue weighted by molar-refractivity contribution is 7.92. The Morgan fingerprint density at radius 3 is 2.34 bits per heavy atom. The van der Waals surface area contributed by atoms with Crippen molar-refractivity contribution >= 4 is 33.3 Å². The molecule has 0 spiro atoms. The Balaban J connectivity index is 0.000000505. The Morgan fingerprint density at radius 1 is 1.16 bits per heavy atom. The molecule has 0 bridgehead atoms. The van der Waals surface area contributed by atoms with Gasteiger partial charge < -0.3 is 10.4 Å². The van der Waals surface area contributed by atoms with Crippen LogP contribution in [-0.4, -0.2) is 64.1 Å². The molecule has 1 aliphatic heterocycles. The number of carboxylic acid groups (broad SMARTS) is 1. The molecule has 15 heteroatoms. The highest BCUT2D eigenvalue weighted by Crippen LogP contribution is 2.41. The van der Waals surface area contributed by atoms with Crippen LogP contribution in [0.2, 0.25) is 0 Å². The molecule has 0 radical (unpaired) electrons. The lowest BCUT2D eigenvalue weighted by atomic mass is 9.98. The number of anilines is 2. The summed E-state index contributed by atoms with van der Waals surface area (Å²) in [5.41, 5.74) is 3.12. The van der Waals surface area contributed by atoms with E-state index >= 15 is 0 Å². The van der Waals surface area contributed by atoms with Gasteiger partial charge in [-0.25, -0.2) is 18.2 Å². The van der Waals surface area contributed by atoms with E-state index in [-0.39, 0.29) is 24.4 Å². The molecule has 1 unspecified atom stereocenters. The monoisotopic (exact) mass is 554 g/mol. The number of aryl methyl sites for hydroxylation is 1. The summed E-state index contributed by atoms with van der Waals surface area (Å²) in [7, 11) is -3.49. The van der Waals surface area contributed by atoms with Gasteiger partial charge >= 0.3 is 12.1 Å². The Kier molecular flexibility index (Phi) is 8.09. The first-order valence-corrected chi connectivity index (χ1v) is 13.0. The molecule has 0 aliphatic carbocycles. The van der Waals surface area contributed by atoms with Gasteiger partial charge in [0.15, 0.2) is 5.82 Å². The number of hydrogen-bond donors (Lipinski definition) is 2. The Hall–Kier alpha value is -4.01. The van der Waals surface area contributed by atoms with Crippen LogP contribution in [0.4, 0.5) is 24.5 Å². The number of aliphatic carboxylic acids is 1. The number of aromatic nitrogens is 4. The lowest BCUT2D eigenvalue weighted by Crippen LogP contribution is -2.29. The van der Waals surface area contributed by atoms with E-state index in [9.17, 15) is 26.4 Å². The zero-order valence-electron chi connectivity index (χ0n) is 20.8. The van der Waals surface area contributed by atoms with Crippen molar-refractivity contribution in [2.45, 2.75) is 38.9 Å². The van der Waals surface area contributed by atoms with Gasteiger partial charge in [0.1, 0.15) is 6.33 Å². The molecule has 1 aliphatic rings. The van der Waals surface area contributed by atoms with Crippen molar-refractivity contribution in [2.24, 2.45) is 0 Å². The molecule has 4 rings (SSSR count). The average Bonchev–Trinajstić information content (AvgIpc) is 3.43. The smallest absolute Gasteiger partial charge is 0.475 e. The maximum absolute atomic E-state index is 12.8. The number of nitrogens with one attached hydrogen (secondary N) is 1. The van der Waals surface area contributed by atoms with Crippen LogP contribution in [0.1, 0.15) is 53.2 Å². The molecule has 1 atom stereocenters. The summed E-state index contributed by atoms with van der Waals surface area (Å²) in [6.07, 6.45) is -0.638. The molecule has 11 nitrogen and oxygen atoms in total. The van der Waals surface area contributed by atoms with Crippen molar-refractivity contribution in [1.29, 1.82) is 0 Å². The summed E-state index contributed by atoms with van der Waals surface area (Å²) in [6, 6.07) is 8.65. The number of pyridine rings is 1. The number of halogens is 3. The van der Waals surface area contributed by atoms with Gasteiger partial charge in [0.25, 0.3) is 5.91 Å². The predicted octanol–water partition coefficient (Wildman–Crippen LogP) is 3.36. The number of sulfonamides is 1. The second-order valence-electron chi connectivity index (χ2n) is 8.74. The van der Waals surface area contributed by atoms with E-state index in [1.807, 2.05) is 20.8 Å². The van der Waals surface area contributed by atoms with Crippen LogP contribution < -0.4 is 9.62 Å². The zero-order valence-corrected chi connectivity index (χ0v) is 21.6. The molecule has 38 heavy (non-hydrogen) atoms. The van der Waals surface area contributed by atoms with Gasteiger partial charge in [-0.3, -0.25) is 18.8 Å². The molecule has 1 amide bonds. The zero-order chi connectivity index (χ0) is 28.4. The molecule has 204 valence electrons. The number of benzene rings is 1. The summed E-state index contributed by atoms with van der Waals surface area (Å²) in [5, 5.41) is 14.5. The number of carbonyl (C=O) groups is 2. The molecule has 3 aromatic rings. The van der Waals surface area contributed by atoms with Crippen LogP contribution in [0.3, 0.4) is 0 Å². The summed E-state index contributed by atoms with van der Waals surface area (Å²) in [6.45, 7) is 6.03. The normalized spacial score (nSPS) is 15.1. The van der Waals surface area contributed by atoms with Crippen LogP contribution in [0, 0.1) is 6.92 Å². The molecule has 3 heterocycles. The fraction of sp³-hybridized carbons (Fsp3) is 0.348. The number of carbonyl (C=O) groups excluding carboxylic acids is 1. The van der Waals surface area contributed by atoms with Crippen molar-refractivity contribution in [3.05, 3.63) is 65.5 Å². The predicted molar refractivity (Wildman–Crippen MR) is 131 cm³/mol. The highest BCUT2D eigenvalue weighted by atomic mass is 32.2. The van der Waals surface area contributed by atoms with Crippen molar-refractivity contribution in [3.8, 4) is 0 Å². The van der Waals surface area contributed by atoms with Crippen molar-refractivity contribution < 1.29 is 36.3 Å². The minimum Gasteiger partial charge on any atom is -0.475 e. The molecule has 0 fully saturated rings. The lowest BCUT2D eigenvalue weighted by molar-refractivity contribution is -0.192. The van der Waals surface area contributed by atoms with E-state index in [1.54, 1.807) is 47.5 Å². The molecule has 2 aromatic heterocycles. The van der Waals surface area contributed by atoms with Gasteiger partial charge in [0.2, 0.25) is 10.0 Å². The van der Waals surface area contributed by atoms with Crippen LogP contribution in [-0.2, 0) is 14.8 Å². The maximum atomic E-state index is 12.8. The first-order chi connectivity index (χ1) is 17.6. The van der Waals surface area contributed by atoms with Gasteiger partial charge in [-0.1, -0.05) is 0 Å². The van der Waals surface area contributed by atoms with E-state index in [4.69, 9.17) is 9.90 Å². The summed E-state index contributed by atoms with van der Waals surface area (Å²) < 4.78 is 59.6. The fourth-order valence-corrected chi connectivity index (χ4v) is 4.57. The van der Waals surface area contributed by atoms with Crippen molar-refractivity contribution in [2.75, 3.05) is 22.4 Å². The molecule has 1 aromatic carbocycles. The topological polar surface area (TPSA) is 147 Å². The van der Waals surface area contributed by atoms with Gasteiger partial charge in [-0.05, 0) is 56.7 Å². The van der Waals surface area contributed by atoms with Gasteiger partial charge in [-0.2, -0.15) is 18.3 Å². The third kappa shape index (κ3) is 6.65. The Bertz CT molecular complexity index is 1460. The van der Waals surface area contributed by atoms with Crippen molar-refractivity contribution in [3.63, 3.8) is 0 Å². The third-order valence-electron chi connectivity index (χ3n) is 5.45. The first-order valence-electron chi connectivity index (χ1n) is 11.1. The lowest BCUT2D eigenvalue weighted by Gasteiger charge is -2.16. The molecular weight excluding hydrogens is 529 g/mol. The summed E-state index contributed by atoms with van der Waals surface area (Å²) in [4.78, 5) is 30.3. The molecule has 0 saturated heterocycles. The number of nitrogens with zero attached hydrogens (tertiary/aromatic N) is 5. The SMILES string of the molecule is Cc1cc(NC(=O)c2ccc3c(c2)C(c2ncn(C(C)C)n2)CN3S(C)(=O)=O)ccn1.O=C(O)C(F)(F)F. The largest absolute Gasteiger partial charge is 0.490 e. The van der Waals surface area contributed by atoms with Crippen LogP contribution in [0.25, 0.3) is 0 Å². The van der Waals surface area contributed by atoms with Crippen molar-refractivity contribution in [1.82, 2.24) is 19.7 Å². The quantitative estimate of drug-likeness (QED) is 0.488. The van der Waals surface area contributed by atoms with E-state index in [1.165, 1.54) is 10.6 Å². The molecule has 0 saturated carbocycles. The van der Waals surface area contributed by atoms with E-state index in [0.717, 1.165) is 5.69 Å². The number of carboxylic acids is 1.